The lowest BCUT2D eigenvalue weighted by atomic mass is 10.1. The molecule has 0 saturated heterocycles. The van der Waals surface area contributed by atoms with Gasteiger partial charge in [-0.2, -0.15) is 5.10 Å². The average molecular weight is 373 g/mol. The number of aliphatic hydroxyl groups excluding tert-OH is 1. The summed E-state index contributed by atoms with van der Waals surface area (Å²) in [4.78, 5) is 20.5. The van der Waals surface area contributed by atoms with Crippen LogP contribution in [0.2, 0.25) is 0 Å². The molecule has 3 heterocycles. The number of aliphatic hydroxyl groups is 1. The van der Waals surface area contributed by atoms with Gasteiger partial charge in [-0.05, 0) is 31.5 Å². The molecule has 0 fully saturated rings. The molecule has 2 N–H and O–H groups in total. The van der Waals surface area contributed by atoms with Gasteiger partial charge in [0.05, 0.1) is 33.8 Å². The van der Waals surface area contributed by atoms with Crippen molar-refractivity contribution in [1.29, 1.82) is 0 Å². The minimum Gasteiger partial charge on any atom is -0.395 e. The second-order valence-corrected chi connectivity index (χ2v) is 7.17. The summed E-state index contributed by atoms with van der Waals surface area (Å²) >= 11 is 1.59. The number of pyridine rings is 1. The Kier molecular flexibility index (Phi) is 5.65. The molecule has 0 radical (unpaired) electrons. The normalized spacial score (nSPS) is 11.4. The third-order valence-corrected chi connectivity index (χ3v) is 5.14. The molecule has 8 heteroatoms. The van der Waals surface area contributed by atoms with Crippen LogP contribution in [0.4, 0.5) is 0 Å². The lowest BCUT2D eigenvalue weighted by molar-refractivity contribution is 0.0950. The number of nitrogens with zero attached hydrogens (tertiary/aromatic N) is 4. The minimum absolute atomic E-state index is 0.106. The molecule has 0 aromatic carbocycles. The predicted octanol–water partition coefficient (Wildman–Crippen LogP) is 1.66. The Hall–Kier alpha value is -2.29. The summed E-state index contributed by atoms with van der Waals surface area (Å²) < 4.78 is 1.72. The van der Waals surface area contributed by atoms with E-state index in [2.05, 4.69) is 10.4 Å². The van der Waals surface area contributed by atoms with E-state index in [0.29, 0.717) is 30.8 Å². The summed E-state index contributed by atoms with van der Waals surface area (Å²) in [7, 11) is 3.75. The summed E-state index contributed by atoms with van der Waals surface area (Å²) in [5.41, 5.74) is 2.86. The number of likely N-dealkylation sites (N-methyl/N-ethyl adjacent to an activating group) is 1. The van der Waals surface area contributed by atoms with Crippen molar-refractivity contribution in [3.05, 3.63) is 34.8 Å². The zero-order valence-electron chi connectivity index (χ0n) is 15.2. The molecule has 0 aliphatic carbocycles. The van der Waals surface area contributed by atoms with E-state index < -0.39 is 0 Å². The van der Waals surface area contributed by atoms with E-state index >= 15 is 0 Å². The number of aryl methyl sites for hydroxylation is 2. The average Bonchev–Trinajstić information content (AvgIpc) is 3.23. The van der Waals surface area contributed by atoms with Crippen LogP contribution in [0, 0.1) is 6.92 Å². The fourth-order valence-electron chi connectivity index (χ4n) is 2.91. The first-order valence-electron chi connectivity index (χ1n) is 8.47. The van der Waals surface area contributed by atoms with Gasteiger partial charge >= 0.3 is 0 Å². The Morgan fingerprint density at radius 2 is 2.23 bits per heavy atom. The van der Waals surface area contributed by atoms with Gasteiger partial charge in [-0.15, -0.1) is 11.3 Å². The Labute approximate surface area is 156 Å². The van der Waals surface area contributed by atoms with E-state index in [9.17, 15) is 4.79 Å². The summed E-state index contributed by atoms with van der Waals surface area (Å²) in [5, 5.41) is 19.1. The maximum Gasteiger partial charge on any atom is 0.252 e. The molecule has 3 aromatic rings. The van der Waals surface area contributed by atoms with Crippen molar-refractivity contribution >= 4 is 28.3 Å². The zero-order chi connectivity index (χ0) is 18.7. The number of nitrogens with one attached hydrogen (secondary N) is 1. The molecule has 3 rings (SSSR count). The van der Waals surface area contributed by atoms with Crippen LogP contribution in [-0.2, 0) is 7.05 Å². The van der Waals surface area contributed by atoms with E-state index in [1.807, 2.05) is 49.5 Å². The lowest BCUT2D eigenvalue weighted by Crippen LogP contribution is -2.34. The fourth-order valence-corrected chi connectivity index (χ4v) is 3.60. The van der Waals surface area contributed by atoms with Crippen LogP contribution in [0.25, 0.3) is 21.6 Å². The molecule has 1 amide bonds. The van der Waals surface area contributed by atoms with E-state index in [1.54, 1.807) is 16.0 Å². The number of thiophene rings is 1. The third kappa shape index (κ3) is 3.77. The number of carbonyl (C=O) groups is 1. The van der Waals surface area contributed by atoms with Crippen molar-refractivity contribution in [3.63, 3.8) is 0 Å². The number of rotatable bonds is 7. The number of hydrogen-bond donors (Lipinski definition) is 2. The van der Waals surface area contributed by atoms with Crippen LogP contribution in [-0.4, -0.2) is 64.0 Å². The molecule has 138 valence electrons. The van der Waals surface area contributed by atoms with Crippen molar-refractivity contribution in [2.24, 2.45) is 7.05 Å². The van der Waals surface area contributed by atoms with Crippen molar-refractivity contribution in [2.45, 2.75) is 6.92 Å². The zero-order valence-corrected chi connectivity index (χ0v) is 16.0. The molecule has 0 spiro atoms. The highest BCUT2D eigenvalue weighted by atomic mass is 32.1. The number of carbonyl (C=O) groups excluding carboxylic acids is 1. The van der Waals surface area contributed by atoms with Gasteiger partial charge in [-0.25, -0.2) is 4.98 Å². The molecule has 3 aromatic heterocycles. The van der Waals surface area contributed by atoms with Gasteiger partial charge in [0.1, 0.15) is 0 Å². The maximum absolute atomic E-state index is 12.8. The highest BCUT2D eigenvalue weighted by Gasteiger charge is 2.19. The van der Waals surface area contributed by atoms with E-state index in [1.165, 1.54) is 0 Å². The topological polar surface area (TPSA) is 83.3 Å². The van der Waals surface area contributed by atoms with Gasteiger partial charge in [0, 0.05) is 26.7 Å². The van der Waals surface area contributed by atoms with Crippen molar-refractivity contribution in [3.8, 4) is 10.6 Å². The summed E-state index contributed by atoms with van der Waals surface area (Å²) in [6, 6.07) is 5.81. The lowest BCUT2D eigenvalue weighted by Gasteiger charge is -2.15. The van der Waals surface area contributed by atoms with Crippen molar-refractivity contribution in [1.82, 2.24) is 25.0 Å². The molecular formula is C18H23N5O2S. The number of aromatic nitrogens is 3. The van der Waals surface area contributed by atoms with Crippen LogP contribution in [0.15, 0.2) is 23.6 Å². The first kappa shape index (κ1) is 18.5. The summed E-state index contributed by atoms with van der Waals surface area (Å²) in [6.45, 7) is 3.76. The van der Waals surface area contributed by atoms with Gasteiger partial charge < -0.3 is 15.3 Å². The van der Waals surface area contributed by atoms with Crippen LogP contribution in [0.1, 0.15) is 16.1 Å². The molecule has 0 unspecified atom stereocenters. The van der Waals surface area contributed by atoms with Gasteiger partial charge in [0.25, 0.3) is 5.91 Å². The summed E-state index contributed by atoms with van der Waals surface area (Å²) in [6.07, 6.45) is 0. The van der Waals surface area contributed by atoms with Crippen LogP contribution >= 0.6 is 11.3 Å². The third-order valence-electron chi connectivity index (χ3n) is 4.25. The maximum atomic E-state index is 12.8. The first-order chi connectivity index (χ1) is 12.5. The van der Waals surface area contributed by atoms with Gasteiger partial charge in [-0.3, -0.25) is 9.48 Å². The van der Waals surface area contributed by atoms with Gasteiger partial charge in [0.15, 0.2) is 5.65 Å². The summed E-state index contributed by atoms with van der Waals surface area (Å²) in [5.74, 6) is -0.135. The standard InChI is InChI=1S/C18H23N5O2S/c1-12-16-13(18(25)19-6-7-22(2)8-9-24)11-14(15-5-4-10-26-15)20-17(16)23(3)21-12/h4-5,10-11,24H,6-9H2,1-3H3,(H,19,25). The van der Waals surface area contributed by atoms with Gasteiger partial charge in [0.2, 0.25) is 0 Å². The highest BCUT2D eigenvalue weighted by Crippen LogP contribution is 2.29. The number of fused-ring (bicyclic) bond motifs is 1. The smallest absolute Gasteiger partial charge is 0.252 e. The molecule has 7 nitrogen and oxygen atoms in total. The molecular weight excluding hydrogens is 350 g/mol. The number of hydrogen-bond acceptors (Lipinski definition) is 6. The minimum atomic E-state index is -0.135. The Balaban J connectivity index is 1.92. The van der Waals surface area contributed by atoms with Crippen LogP contribution < -0.4 is 5.32 Å². The molecule has 26 heavy (non-hydrogen) atoms. The van der Waals surface area contributed by atoms with E-state index in [-0.39, 0.29) is 12.5 Å². The molecule has 0 bridgehead atoms. The molecule has 0 saturated carbocycles. The van der Waals surface area contributed by atoms with Crippen molar-refractivity contribution in [2.75, 3.05) is 33.3 Å². The predicted molar refractivity (Wildman–Crippen MR) is 103 cm³/mol. The molecule has 0 aliphatic heterocycles. The SMILES string of the molecule is Cc1nn(C)c2nc(-c3cccs3)cc(C(=O)NCCN(C)CCO)c12. The Morgan fingerprint density at radius 1 is 1.42 bits per heavy atom. The molecule has 0 atom stereocenters. The second-order valence-electron chi connectivity index (χ2n) is 6.22. The first-order valence-corrected chi connectivity index (χ1v) is 9.35. The largest absolute Gasteiger partial charge is 0.395 e. The van der Waals surface area contributed by atoms with Gasteiger partial charge in [-0.1, -0.05) is 6.07 Å². The van der Waals surface area contributed by atoms with Crippen LogP contribution in [0.3, 0.4) is 0 Å². The van der Waals surface area contributed by atoms with Crippen molar-refractivity contribution < 1.29 is 9.90 Å². The highest BCUT2D eigenvalue weighted by molar-refractivity contribution is 7.13. The van der Waals surface area contributed by atoms with E-state index in [4.69, 9.17) is 10.1 Å². The molecule has 0 aliphatic rings. The van der Waals surface area contributed by atoms with E-state index in [0.717, 1.165) is 21.7 Å². The Morgan fingerprint density at radius 3 is 2.92 bits per heavy atom. The fraction of sp³-hybridized carbons (Fsp3) is 0.389. The number of amides is 1. The second kappa shape index (κ2) is 7.94. The monoisotopic (exact) mass is 373 g/mol. The van der Waals surface area contributed by atoms with Crippen LogP contribution in [0.5, 0.6) is 0 Å². The quantitative estimate of drug-likeness (QED) is 0.658. The Bertz CT molecular complexity index is 904.